The van der Waals surface area contributed by atoms with Gasteiger partial charge < -0.3 is 0 Å². The van der Waals surface area contributed by atoms with E-state index in [2.05, 4.69) is 16.2 Å². The van der Waals surface area contributed by atoms with Crippen molar-refractivity contribution in [2.24, 2.45) is 4.99 Å². The van der Waals surface area contributed by atoms with Crippen molar-refractivity contribution >= 4 is 17.8 Å². The molecule has 1 aromatic heterocycles. The summed E-state index contributed by atoms with van der Waals surface area (Å²) in [6, 6.07) is 7.24. The number of aromatic nitrogens is 2. The first-order valence-corrected chi connectivity index (χ1v) is 7.11. The molecule has 0 radical (unpaired) electrons. The van der Waals surface area contributed by atoms with Gasteiger partial charge in [-0.1, -0.05) is 35.9 Å². The third kappa shape index (κ3) is 1.91. The molecule has 1 aromatic carbocycles. The Hall–Kier alpha value is -2.33. The zero-order valence-electron chi connectivity index (χ0n) is 11.0. The SMILES string of the molecule is O=c1c2c([nH]n1-c1ccc(Cl)cc1)C1C=CC=CC1N=C2. The lowest BCUT2D eigenvalue weighted by atomic mass is 9.88. The minimum absolute atomic E-state index is 0.0687. The van der Waals surface area contributed by atoms with Gasteiger partial charge in [-0.15, -0.1) is 0 Å². The Morgan fingerprint density at radius 2 is 1.90 bits per heavy atom. The maximum absolute atomic E-state index is 12.5. The van der Waals surface area contributed by atoms with Gasteiger partial charge in [0, 0.05) is 17.2 Å². The molecule has 0 saturated carbocycles. The molecule has 0 fully saturated rings. The Bertz CT molecular complexity index is 839. The number of H-pyrrole nitrogens is 1. The van der Waals surface area contributed by atoms with Crippen LogP contribution in [-0.4, -0.2) is 22.0 Å². The number of hydrogen-bond acceptors (Lipinski definition) is 2. The Labute approximate surface area is 126 Å². The zero-order valence-corrected chi connectivity index (χ0v) is 11.8. The van der Waals surface area contributed by atoms with Gasteiger partial charge in [0.05, 0.1) is 23.0 Å². The molecule has 2 atom stereocenters. The Morgan fingerprint density at radius 1 is 1.14 bits per heavy atom. The van der Waals surface area contributed by atoms with Crippen molar-refractivity contribution in [2.75, 3.05) is 0 Å². The van der Waals surface area contributed by atoms with E-state index < -0.39 is 0 Å². The molecule has 2 unspecified atom stereocenters. The van der Waals surface area contributed by atoms with Crippen LogP contribution in [0.5, 0.6) is 0 Å². The van der Waals surface area contributed by atoms with Crippen molar-refractivity contribution in [3.05, 3.63) is 75.2 Å². The number of fused-ring (bicyclic) bond motifs is 3. The number of allylic oxidation sites excluding steroid dienone is 2. The molecule has 5 heteroatoms. The van der Waals surface area contributed by atoms with Gasteiger partial charge in [0.15, 0.2) is 0 Å². The molecular formula is C16H12ClN3O. The molecule has 4 rings (SSSR count). The first kappa shape index (κ1) is 12.4. The fraction of sp³-hybridized carbons (Fsp3) is 0.125. The number of nitrogens with one attached hydrogen (secondary N) is 1. The normalized spacial score (nSPS) is 22.1. The van der Waals surface area contributed by atoms with Crippen molar-refractivity contribution < 1.29 is 0 Å². The monoisotopic (exact) mass is 297 g/mol. The minimum Gasteiger partial charge on any atom is -0.294 e. The molecule has 0 saturated heterocycles. The van der Waals surface area contributed by atoms with E-state index in [1.165, 1.54) is 0 Å². The van der Waals surface area contributed by atoms with Gasteiger partial charge in [0.2, 0.25) is 0 Å². The molecular weight excluding hydrogens is 286 g/mol. The highest BCUT2D eigenvalue weighted by molar-refractivity contribution is 6.30. The van der Waals surface area contributed by atoms with Gasteiger partial charge in [-0.05, 0) is 24.3 Å². The van der Waals surface area contributed by atoms with Crippen LogP contribution in [0.1, 0.15) is 17.2 Å². The molecule has 0 amide bonds. The van der Waals surface area contributed by atoms with E-state index in [0.29, 0.717) is 10.6 Å². The zero-order chi connectivity index (χ0) is 14.4. The maximum Gasteiger partial charge on any atom is 0.280 e. The van der Waals surface area contributed by atoms with Crippen molar-refractivity contribution in [3.8, 4) is 5.69 Å². The van der Waals surface area contributed by atoms with E-state index in [0.717, 1.165) is 11.4 Å². The quantitative estimate of drug-likeness (QED) is 0.864. The molecule has 2 aromatic rings. The van der Waals surface area contributed by atoms with Gasteiger partial charge in [0.1, 0.15) is 0 Å². The number of halogens is 1. The standard InChI is InChI=1S/C16H12ClN3O/c17-10-5-7-11(8-6-10)20-16(21)13-9-18-14-4-2-1-3-12(14)15(13)19-20/h1-9,12,14,19H. The van der Waals surface area contributed by atoms with Gasteiger partial charge in [-0.3, -0.25) is 14.9 Å². The Morgan fingerprint density at radius 3 is 2.71 bits per heavy atom. The van der Waals surface area contributed by atoms with Crippen molar-refractivity contribution in [1.29, 1.82) is 0 Å². The highest BCUT2D eigenvalue weighted by Crippen LogP contribution is 2.30. The topological polar surface area (TPSA) is 50.1 Å². The fourth-order valence-corrected chi connectivity index (χ4v) is 2.91. The third-order valence-electron chi connectivity index (χ3n) is 3.86. The van der Waals surface area contributed by atoms with Crippen molar-refractivity contribution in [3.63, 3.8) is 0 Å². The van der Waals surface area contributed by atoms with Crippen LogP contribution in [0.15, 0.2) is 58.4 Å². The summed E-state index contributed by atoms with van der Waals surface area (Å²) in [5, 5.41) is 3.87. The van der Waals surface area contributed by atoms with Crippen LogP contribution in [0.3, 0.4) is 0 Å². The summed E-state index contributed by atoms with van der Waals surface area (Å²) in [6.45, 7) is 0. The largest absolute Gasteiger partial charge is 0.294 e. The highest BCUT2D eigenvalue weighted by atomic mass is 35.5. The fourth-order valence-electron chi connectivity index (χ4n) is 2.78. The van der Waals surface area contributed by atoms with E-state index in [1.807, 2.05) is 30.4 Å². The molecule has 2 heterocycles. The molecule has 1 aliphatic carbocycles. The molecule has 0 spiro atoms. The lowest BCUT2D eigenvalue weighted by Gasteiger charge is -2.23. The molecule has 2 aliphatic rings. The predicted octanol–water partition coefficient (Wildman–Crippen LogP) is 2.83. The number of rotatable bonds is 1. The molecule has 1 N–H and O–H groups in total. The molecule has 0 bridgehead atoms. The van der Waals surface area contributed by atoms with E-state index in [4.69, 9.17) is 11.6 Å². The van der Waals surface area contributed by atoms with Crippen LogP contribution in [-0.2, 0) is 0 Å². The highest BCUT2D eigenvalue weighted by Gasteiger charge is 2.29. The van der Waals surface area contributed by atoms with Gasteiger partial charge in [-0.2, -0.15) is 0 Å². The summed E-state index contributed by atoms with van der Waals surface area (Å²) >= 11 is 5.90. The Kier molecular flexibility index (Phi) is 2.72. The van der Waals surface area contributed by atoms with Gasteiger partial charge in [0.25, 0.3) is 5.56 Å². The summed E-state index contributed by atoms with van der Waals surface area (Å²) < 4.78 is 1.54. The van der Waals surface area contributed by atoms with E-state index in [-0.39, 0.29) is 17.5 Å². The summed E-state index contributed by atoms with van der Waals surface area (Å²) in [7, 11) is 0. The second-order valence-electron chi connectivity index (χ2n) is 5.12. The van der Waals surface area contributed by atoms with Gasteiger partial charge in [-0.25, -0.2) is 4.68 Å². The summed E-state index contributed by atoms with van der Waals surface area (Å²) in [4.78, 5) is 17.0. The average Bonchev–Trinajstić information content (AvgIpc) is 2.86. The smallest absolute Gasteiger partial charge is 0.280 e. The summed E-state index contributed by atoms with van der Waals surface area (Å²) in [6.07, 6.45) is 9.76. The number of hydrogen-bond donors (Lipinski definition) is 1. The van der Waals surface area contributed by atoms with E-state index >= 15 is 0 Å². The Balaban J connectivity index is 1.87. The molecule has 1 aliphatic heterocycles. The number of aromatic amines is 1. The minimum atomic E-state index is -0.0857. The summed E-state index contributed by atoms with van der Waals surface area (Å²) in [5.74, 6) is 0.0938. The number of benzene rings is 1. The van der Waals surface area contributed by atoms with E-state index in [9.17, 15) is 4.79 Å². The van der Waals surface area contributed by atoms with Crippen LogP contribution in [0.4, 0.5) is 0 Å². The lowest BCUT2D eigenvalue weighted by molar-refractivity contribution is 0.673. The van der Waals surface area contributed by atoms with Crippen molar-refractivity contribution in [2.45, 2.75) is 12.0 Å². The number of aliphatic imine (C=N–C) groups is 1. The molecule has 104 valence electrons. The second-order valence-corrected chi connectivity index (χ2v) is 5.56. The van der Waals surface area contributed by atoms with Crippen LogP contribution in [0.2, 0.25) is 5.02 Å². The predicted molar refractivity (Wildman–Crippen MR) is 83.8 cm³/mol. The summed E-state index contributed by atoms with van der Waals surface area (Å²) in [5.41, 5.74) is 2.22. The molecule has 21 heavy (non-hydrogen) atoms. The average molecular weight is 298 g/mol. The molecule has 4 nitrogen and oxygen atoms in total. The lowest BCUT2D eigenvalue weighted by Crippen LogP contribution is -2.22. The van der Waals surface area contributed by atoms with Crippen LogP contribution in [0, 0.1) is 0 Å². The van der Waals surface area contributed by atoms with Crippen LogP contribution < -0.4 is 5.56 Å². The van der Waals surface area contributed by atoms with Gasteiger partial charge >= 0.3 is 0 Å². The maximum atomic E-state index is 12.5. The first-order chi connectivity index (χ1) is 10.2. The van der Waals surface area contributed by atoms with E-state index in [1.54, 1.807) is 23.0 Å². The van der Waals surface area contributed by atoms with Crippen molar-refractivity contribution in [1.82, 2.24) is 9.78 Å². The number of nitrogens with zero attached hydrogens (tertiary/aromatic N) is 2. The second kappa shape index (κ2) is 4.60. The first-order valence-electron chi connectivity index (χ1n) is 6.73. The third-order valence-corrected chi connectivity index (χ3v) is 4.11. The van der Waals surface area contributed by atoms with Crippen LogP contribution in [0.25, 0.3) is 5.69 Å². The van der Waals surface area contributed by atoms with Crippen LogP contribution >= 0.6 is 11.6 Å².